The minimum absolute atomic E-state index is 0.00915. The van der Waals surface area contributed by atoms with Crippen LogP contribution in [0.25, 0.3) is 0 Å². The van der Waals surface area contributed by atoms with Crippen LogP contribution in [0.2, 0.25) is 0 Å². The van der Waals surface area contributed by atoms with Gasteiger partial charge < -0.3 is 14.4 Å². The molecule has 6 nitrogen and oxygen atoms in total. The van der Waals surface area contributed by atoms with Gasteiger partial charge in [-0.05, 0) is 51.4 Å². The molecule has 1 aromatic heterocycles. The van der Waals surface area contributed by atoms with Crippen molar-refractivity contribution in [2.24, 2.45) is 5.92 Å². The normalized spacial score (nSPS) is 33.8. The van der Waals surface area contributed by atoms with Crippen molar-refractivity contribution in [1.29, 1.82) is 0 Å². The van der Waals surface area contributed by atoms with Gasteiger partial charge in [0.2, 0.25) is 0 Å². The van der Waals surface area contributed by atoms with E-state index in [1.54, 1.807) is 4.90 Å². The number of rotatable bonds is 4. The van der Waals surface area contributed by atoms with E-state index in [0.29, 0.717) is 5.92 Å². The van der Waals surface area contributed by atoms with Crippen LogP contribution in [0.4, 0.5) is 9.18 Å². The Morgan fingerprint density at radius 1 is 1.40 bits per heavy atom. The Bertz CT molecular complexity index is 641. The molecular formula is C18H24FN3O3. The molecule has 0 N–H and O–H groups in total. The summed E-state index contributed by atoms with van der Waals surface area (Å²) in [6, 6.07) is 0.255. The Labute approximate surface area is 146 Å². The third kappa shape index (κ3) is 3.21. The molecule has 2 aliphatic carbocycles. The van der Waals surface area contributed by atoms with E-state index < -0.39 is 5.82 Å². The van der Waals surface area contributed by atoms with Crippen molar-refractivity contribution in [3.63, 3.8) is 0 Å². The summed E-state index contributed by atoms with van der Waals surface area (Å²) < 4.78 is 24.0. The summed E-state index contributed by atoms with van der Waals surface area (Å²) in [4.78, 5) is 22.1. The summed E-state index contributed by atoms with van der Waals surface area (Å²) in [5.41, 5.74) is 0.00915. The van der Waals surface area contributed by atoms with Crippen LogP contribution in [-0.4, -0.2) is 46.4 Å². The van der Waals surface area contributed by atoms with Crippen molar-refractivity contribution in [3.05, 3.63) is 24.0 Å². The van der Waals surface area contributed by atoms with E-state index >= 15 is 0 Å². The van der Waals surface area contributed by atoms with Crippen LogP contribution in [0, 0.1) is 11.7 Å². The van der Waals surface area contributed by atoms with Crippen LogP contribution in [0.1, 0.15) is 51.3 Å². The lowest BCUT2D eigenvalue weighted by Gasteiger charge is -2.27. The molecule has 0 aromatic carbocycles. The molecule has 2 heterocycles. The highest BCUT2D eigenvalue weighted by Gasteiger charge is 2.59. The fourth-order valence-electron chi connectivity index (χ4n) is 4.42. The number of hydrogen-bond donors (Lipinski definition) is 0. The van der Waals surface area contributed by atoms with Crippen LogP contribution in [0.5, 0.6) is 0 Å². The number of hydrogen-bond acceptors (Lipinski definition) is 5. The molecule has 0 radical (unpaired) electrons. The highest BCUT2D eigenvalue weighted by molar-refractivity contribution is 5.68. The Kier molecular flexibility index (Phi) is 4.35. The zero-order valence-electron chi connectivity index (χ0n) is 14.5. The summed E-state index contributed by atoms with van der Waals surface area (Å²) in [6.07, 6.45) is 8.15. The number of carbonyl (C=O) groups excluding carboxylic acids is 1. The minimum atomic E-state index is -0.400. The second kappa shape index (κ2) is 6.52. The van der Waals surface area contributed by atoms with Crippen molar-refractivity contribution in [2.45, 2.75) is 63.0 Å². The van der Waals surface area contributed by atoms with Crippen molar-refractivity contribution < 1.29 is 18.7 Å². The third-order valence-corrected chi connectivity index (χ3v) is 6.03. The molecule has 4 rings (SSSR count). The lowest BCUT2D eigenvalue weighted by molar-refractivity contribution is -0.0779. The predicted molar refractivity (Wildman–Crippen MR) is 87.2 cm³/mol. The predicted octanol–water partition coefficient (Wildman–Crippen LogP) is 3.02. The molecule has 1 unspecified atom stereocenters. The number of ether oxygens (including phenoxy) is 2. The maximum Gasteiger partial charge on any atom is 0.412 e. The monoisotopic (exact) mass is 349 g/mol. The van der Waals surface area contributed by atoms with E-state index in [4.69, 9.17) is 9.47 Å². The van der Waals surface area contributed by atoms with Gasteiger partial charge in [-0.15, -0.1) is 0 Å². The SMILES string of the molecule is CC1CCCN1C(=O)OCO[C@H]1CC[C@@]2(c3ncc(F)cn3)C[C@H]2C1. The molecule has 1 saturated heterocycles. The minimum Gasteiger partial charge on any atom is -0.422 e. The molecule has 2 saturated carbocycles. The van der Waals surface area contributed by atoms with E-state index in [1.165, 1.54) is 12.4 Å². The Morgan fingerprint density at radius 3 is 2.88 bits per heavy atom. The maximum absolute atomic E-state index is 13.0. The van der Waals surface area contributed by atoms with Gasteiger partial charge in [-0.1, -0.05) is 0 Å². The van der Waals surface area contributed by atoms with Crippen molar-refractivity contribution in [1.82, 2.24) is 14.9 Å². The second-order valence-electron chi connectivity index (χ2n) is 7.56. The zero-order valence-corrected chi connectivity index (χ0v) is 14.5. The summed E-state index contributed by atoms with van der Waals surface area (Å²) in [6.45, 7) is 2.83. The molecule has 7 heteroatoms. The Morgan fingerprint density at radius 2 is 2.20 bits per heavy atom. The van der Waals surface area contributed by atoms with E-state index in [2.05, 4.69) is 9.97 Å². The fraction of sp³-hybridized carbons (Fsp3) is 0.722. The van der Waals surface area contributed by atoms with Crippen LogP contribution in [0.15, 0.2) is 12.4 Å². The smallest absolute Gasteiger partial charge is 0.412 e. The molecule has 3 fully saturated rings. The molecule has 0 bridgehead atoms. The first-order valence-electron chi connectivity index (χ1n) is 9.11. The third-order valence-electron chi connectivity index (χ3n) is 6.03. The Balaban J connectivity index is 1.23. The number of halogens is 1. The first kappa shape index (κ1) is 16.7. The maximum atomic E-state index is 13.0. The van der Waals surface area contributed by atoms with Gasteiger partial charge in [-0.2, -0.15) is 0 Å². The number of carbonyl (C=O) groups is 1. The number of fused-ring (bicyclic) bond motifs is 1. The summed E-state index contributed by atoms with van der Waals surface area (Å²) in [5.74, 6) is 0.835. The number of amides is 1. The van der Waals surface area contributed by atoms with Gasteiger partial charge in [-0.3, -0.25) is 0 Å². The van der Waals surface area contributed by atoms with Crippen LogP contribution in [0.3, 0.4) is 0 Å². The summed E-state index contributed by atoms with van der Waals surface area (Å²) in [7, 11) is 0. The average Bonchev–Trinajstić information content (AvgIpc) is 3.19. The zero-order chi connectivity index (χ0) is 17.4. The molecule has 3 aliphatic rings. The molecular weight excluding hydrogens is 325 g/mol. The lowest BCUT2D eigenvalue weighted by atomic mass is 9.86. The molecule has 136 valence electrons. The van der Waals surface area contributed by atoms with Crippen LogP contribution in [-0.2, 0) is 14.9 Å². The highest BCUT2D eigenvalue weighted by Crippen LogP contribution is 2.61. The second-order valence-corrected chi connectivity index (χ2v) is 7.56. The number of nitrogens with zero attached hydrogens (tertiary/aromatic N) is 3. The average molecular weight is 349 g/mol. The van der Waals surface area contributed by atoms with Crippen molar-refractivity contribution in [2.75, 3.05) is 13.3 Å². The number of aromatic nitrogens is 2. The standard InChI is InChI=1S/C18H24FN3O3/c1-12-3-2-6-22(12)17(23)25-11-24-15-4-5-18(8-13(18)7-15)16-20-9-14(19)10-21-16/h9-10,12-13,15H,2-8,11H2,1H3/t12?,13-,15+,18-/m1/s1. The van der Waals surface area contributed by atoms with E-state index in [0.717, 1.165) is 50.9 Å². The molecule has 1 aromatic rings. The fourth-order valence-corrected chi connectivity index (χ4v) is 4.42. The van der Waals surface area contributed by atoms with Gasteiger partial charge in [0.05, 0.1) is 18.5 Å². The number of likely N-dealkylation sites (tertiary alicyclic amines) is 1. The summed E-state index contributed by atoms with van der Waals surface area (Å²) >= 11 is 0. The highest BCUT2D eigenvalue weighted by atomic mass is 19.1. The van der Waals surface area contributed by atoms with Crippen molar-refractivity contribution >= 4 is 6.09 Å². The van der Waals surface area contributed by atoms with Crippen LogP contribution >= 0.6 is 0 Å². The van der Waals surface area contributed by atoms with E-state index in [-0.39, 0.29) is 30.4 Å². The lowest BCUT2D eigenvalue weighted by Crippen LogP contribution is -2.35. The van der Waals surface area contributed by atoms with Gasteiger partial charge in [0.1, 0.15) is 5.82 Å². The molecule has 1 aliphatic heterocycles. The quantitative estimate of drug-likeness (QED) is 0.782. The molecule has 4 atom stereocenters. The van der Waals surface area contributed by atoms with E-state index in [1.807, 2.05) is 6.92 Å². The van der Waals surface area contributed by atoms with Gasteiger partial charge in [0, 0.05) is 18.0 Å². The Hall–Kier alpha value is -1.76. The van der Waals surface area contributed by atoms with Gasteiger partial charge >= 0.3 is 6.09 Å². The first-order chi connectivity index (χ1) is 12.1. The van der Waals surface area contributed by atoms with Crippen LogP contribution < -0.4 is 0 Å². The topological polar surface area (TPSA) is 64.6 Å². The van der Waals surface area contributed by atoms with Gasteiger partial charge in [0.25, 0.3) is 0 Å². The van der Waals surface area contributed by atoms with Gasteiger partial charge in [0.15, 0.2) is 12.6 Å². The largest absolute Gasteiger partial charge is 0.422 e. The molecule has 25 heavy (non-hydrogen) atoms. The first-order valence-corrected chi connectivity index (χ1v) is 9.11. The van der Waals surface area contributed by atoms with Crippen molar-refractivity contribution in [3.8, 4) is 0 Å². The van der Waals surface area contributed by atoms with E-state index in [9.17, 15) is 9.18 Å². The van der Waals surface area contributed by atoms with Gasteiger partial charge in [-0.25, -0.2) is 19.2 Å². The summed E-state index contributed by atoms with van der Waals surface area (Å²) in [5, 5.41) is 0. The molecule has 0 spiro atoms. The molecule has 1 amide bonds.